The summed E-state index contributed by atoms with van der Waals surface area (Å²) in [6.45, 7) is 1.35. The van der Waals surface area contributed by atoms with Gasteiger partial charge in [-0.05, 0) is 43.0 Å². The molecule has 2 aromatic rings. The Kier molecular flexibility index (Phi) is 8.62. The molecular formula is C24H29FN2O6S. The van der Waals surface area contributed by atoms with Crippen LogP contribution in [0.5, 0.6) is 5.75 Å². The first-order valence-corrected chi connectivity index (χ1v) is 12.6. The number of carbonyl (C=O) groups excluding carboxylic acids is 2. The molecule has 8 nitrogen and oxygen atoms in total. The van der Waals surface area contributed by atoms with E-state index in [2.05, 4.69) is 10.0 Å². The van der Waals surface area contributed by atoms with Gasteiger partial charge in [-0.2, -0.15) is 0 Å². The van der Waals surface area contributed by atoms with Crippen LogP contribution in [0, 0.1) is 11.7 Å². The van der Waals surface area contributed by atoms with Crippen molar-refractivity contribution < 1.29 is 31.9 Å². The number of sulfonamides is 1. The Morgan fingerprint density at radius 2 is 1.85 bits per heavy atom. The minimum atomic E-state index is -3.96. The van der Waals surface area contributed by atoms with Crippen LogP contribution in [-0.2, 0) is 26.1 Å². The van der Waals surface area contributed by atoms with Gasteiger partial charge < -0.3 is 14.8 Å². The summed E-state index contributed by atoms with van der Waals surface area (Å²) in [4.78, 5) is 24.3. The molecule has 1 fully saturated rings. The predicted octanol–water partition coefficient (Wildman–Crippen LogP) is 3.16. The van der Waals surface area contributed by atoms with Crippen molar-refractivity contribution >= 4 is 21.9 Å². The van der Waals surface area contributed by atoms with Gasteiger partial charge in [-0.1, -0.05) is 38.0 Å². The topological polar surface area (TPSA) is 111 Å². The van der Waals surface area contributed by atoms with Crippen LogP contribution < -0.4 is 14.8 Å². The molecule has 0 radical (unpaired) electrons. The Bertz CT molecular complexity index is 1140. The number of hydrogen-bond acceptors (Lipinski definition) is 6. The molecule has 1 aliphatic rings. The van der Waals surface area contributed by atoms with Crippen LogP contribution in [0.4, 0.5) is 4.39 Å². The van der Waals surface area contributed by atoms with Gasteiger partial charge in [0.1, 0.15) is 16.5 Å². The third-order valence-electron chi connectivity index (χ3n) is 5.88. The molecule has 1 saturated carbocycles. The summed E-state index contributed by atoms with van der Waals surface area (Å²) in [6, 6.07) is 9.70. The van der Waals surface area contributed by atoms with E-state index in [4.69, 9.17) is 9.47 Å². The molecule has 0 saturated heterocycles. The lowest BCUT2D eigenvalue weighted by Gasteiger charge is -2.29. The Morgan fingerprint density at radius 3 is 2.56 bits per heavy atom. The number of rotatable bonds is 9. The molecule has 2 unspecified atom stereocenters. The van der Waals surface area contributed by atoms with Crippen LogP contribution in [0.15, 0.2) is 47.4 Å². The summed E-state index contributed by atoms with van der Waals surface area (Å²) >= 11 is 0. The molecule has 2 atom stereocenters. The molecule has 2 N–H and O–H groups in total. The van der Waals surface area contributed by atoms with Crippen molar-refractivity contribution in [2.24, 2.45) is 5.92 Å². The molecule has 2 aromatic carbocycles. The van der Waals surface area contributed by atoms with Gasteiger partial charge in [0.25, 0.3) is 5.91 Å². The van der Waals surface area contributed by atoms with E-state index in [9.17, 15) is 22.4 Å². The van der Waals surface area contributed by atoms with Crippen LogP contribution in [0.2, 0.25) is 0 Å². The van der Waals surface area contributed by atoms with E-state index >= 15 is 0 Å². The van der Waals surface area contributed by atoms with Crippen molar-refractivity contribution in [3.05, 3.63) is 59.4 Å². The maximum atomic E-state index is 13.6. The fourth-order valence-corrected chi connectivity index (χ4v) is 5.44. The van der Waals surface area contributed by atoms with Crippen LogP contribution in [0.3, 0.4) is 0 Å². The Balaban J connectivity index is 1.65. The van der Waals surface area contributed by atoms with Gasteiger partial charge in [0.15, 0.2) is 6.61 Å². The van der Waals surface area contributed by atoms with Crippen molar-refractivity contribution in [1.29, 1.82) is 0 Å². The summed E-state index contributed by atoms with van der Waals surface area (Å²) in [6.07, 6.45) is 3.69. The summed E-state index contributed by atoms with van der Waals surface area (Å²) < 4.78 is 52.7. The van der Waals surface area contributed by atoms with Crippen molar-refractivity contribution in [2.75, 3.05) is 13.7 Å². The van der Waals surface area contributed by atoms with Gasteiger partial charge in [0, 0.05) is 18.2 Å². The lowest BCUT2D eigenvalue weighted by atomic mass is 9.87. The van der Waals surface area contributed by atoms with E-state index in [1.807, 2.05) is 6.92 Å². The average Bonchev–Trinajstić information content (AvgIpc) is 2.83. The zero-order chi connectivity index (χ0) is 24.7. The highest BCUT2D eigenvalue weighted by Crippen LogP contribution is 2.29. The molecule has 1 amide bonds. The number of esters is 1. The fourth-order valence-electron chi connectivity index (χ4n) is 3.87. The molecule has 0 spiro atoms. The molecule has 3 rings (SSSR count). The van der Waals surface area contributed by atoms with Crippen molar-refractivity contribution in [3.63, 3.8) is 0 Å². The second-order valence-corrected chi connectivity index (χ2v) is 9.98. The molecule has 10 heteroatoms. The van der Waals surface area contributed by atoms with Gasteiger partial charge in [0.05, 0.1) is 12.7 Å². The van der Waals surface area contributed by atoms with Crippen LogP contribution >= 0.6 is 0 Å². The van der Waals surface area contributed by atoms with E-state index < -0.39 is 34.3 Å². The fraction of sp³-hybridized carbons (Fsp3) is 0.417. The summed E-state index contributed by atoms with van der Waals surface area (Å²) in [7, 11) is -2.62. The van der Waals surface area contributed by atoms with Crippen LogP contribution in [-0.4, -0.2) is 40.1 Å². The van der Waals surface area contributed by atoms with Crippen molar-refractivity contribution in [2.45, 2.75) is 50.1 Å². The second kappa shape index (κ2) is 11.4. The zero-order valence-electron chi connectivity index (χ0n) is 19.2. The van der Waals surface area contributed by atoms with E-state index in [1.54, 1.807) is 6.07 Å². The molecule has 34 heavy (non-hydrogen) atoms. The number of hydrogen-bond donors (Lipinski definition) is 2. The highest BCUT2D eigenvalue weighted by molar-refractivity contribution is 7.89. The number of halogens is 1. The molecule has 184 valence electrons. The van der Waals surface area contributed by atoms with E-state index in [-0.39, 0.29) is 34.7 Å². The van der Waals surface area contributed by atoms with Gasteiger partial charge in [-0.15, -0.1) is 0 Å². The van der Waals surface area contributed by atoms with Crippen LogP contribution in [0.1, 0.15) is 48.5 Å². The molecule has 0 aromatic heterocycles. The second-order valence-electron chi connectivity index (χ2n) is 8.30. The summed E-state index contributed by atoms with van der Waals surface area (Å²) in [5.41, 5.74) is 0.256. The van der Waals surface area contributed by atoms with E-state index in [0.29, 0.717) is 5.56 Å². The smallest absolute Gasteiger partial charge is 0.338 e. The third kappa shape index (κ3) is 6.54. The van der Waals surface area contributed by atoms with Gasteiger partial charge >= 0.3 is 5.97 Å². The Labute approximate surface area is 198 Å². The molecule has 1 aliphatic carbocycles. The Morgan fingerprint density at radius 1 is 1.12 bits per heavy atom. The number of methoxy groups -OCH3 is 1. The summed E-state index contributed by atoms with van der Waals surface area (Å²) in [5.74, 6) is -1.65. The molecule has 0 heterocycles. The van der Waals surface area contributed by atoms with Crippen molar-refractivity contribution in [3.8, 4) is 5.75 Å². The zero-order valence-corrected chi connectivity index (χ0v) is 20.0. The molecule has 0 bridgehead atoms. The lowest BCUT2D eigenvalue weighted by molar-refractivity contribution is -0.124. The summed E-state index contributed by atoms with van der Waals surface area (Å²) in [5, 5.41) is 2.47. The monoisotopic (exact) mass is 492 g/mol. The maximum absolute atomic E-state index is 13.6. The largest absolute Gasteiger partial charge is 0.495 e. The number of carbonyl (C=O) groups is 2. The van der Waals surface area contributed by atoms with E-state index in [0.717, 1.165) is 25.7 Å². The van der Waals surface area contributed by atoms with E-state index in [1.165, 1.54) is 43.5 Å². The quantitative estimate of drug-likeness (QED) is 0.521. The third-order valence-corrected chi connectivity index (χ3v) is 7.39. The lowest BCUT2D eigenvalue weighted by Crippen LogP contribution is -2.41. The number of benzene rings is 2. The molecular weight excluding hydrogens is 463 g/mol. The van der Waals surface area contributed by atoms with Gasteiger partial charge in [0.2, 0.25) is 10.0 Å². The normalized spacial score (nSPS) is 18.2. The number of ether oxygens (including phenoxy) is 2. The highest BCUT2D eigenvalue weighted by atomic mass is 32.2. The standard InChI is InChI=1S/C24H29FN2O6S/c1-16-7-3-6-10-20(16)27-34(30,31)22-13-17(11-12-21(22)32-2)24(29)33-15-23(28)26-14-18-8-4-5-9-19(18)25/h4-5,8-9,11-13,16,20,27H,3,6-7,10,14-15H2,1-2H3,(H,26,28). The first-order valence-electron chi connectivity index (χ1n) is 11.1. The number of nitrogens with one attached hydrogen (secondary N) is 2. The van der Waals surface area contributed by atoms with Gasteiger partial charge in [-0.25, -0.2) is 22.3 Å². The average molecular weight is 493 g/mol. The van der Waals surface area contributed by atoms with Crippen molar-refractivity contribution in [1.82, 2.24) is 10.0 Å². The number of amides is 1. The predicted molar refractivity (Wildman–Crippen MR) is 123 cm³/mol. The first-order chi connectivity index (χ1) is 16.2. The van der Waals surface area contributed by atoms with Crippen LogP contribution in [0.25, 0.3) is 0 Å². The molecule has 0 aliphatic heterocycles. The minimum absolute atomic E-state index is 0.0419. The Hall–Kier alpha value is -2.98. The van der Waals surface area contributed by atoms with Gasteiger partial charge in [-0.3, -0.25) is 4.79 Å². The highest BCUT2D eigenvalue weighted by Gasteiger charge is 2.29. The SMILES string of the molecule is COc1ccc(C(=O)OCC(=O)NCc2ccccc2F)cc1S(=O)(=O)NC1CCCCC1C. The maximum Gasteiger partial charge on any atom is 0.338 e. The minimum Gasteiger partial charge on any atom is -0.495 e. The first kappa shape index (κ1) is 25.6.